The maximum atomic E-state index is 5.95. The molecule has 0 amide bonds. The molecular formula is C24H33N3O3. The molecule has 0 saturated carbocycles. The van der Waals surface area contributed by atoms with Crippen molar-refractivity contribution in [1.82, 2.24) is 10.2 Å². The molecule has 2 aromatic rings. The van der Waals surface area contributed by atoms with E-state index >= 15 is 0 Å². The molecule has 30 heavy (non-hydrogen) atoms. The summed E-state index contributed by atoms with van der Waals surface area (Å²) < 4.78 is 17.0. The zero-order chi connectivity index (χ0) is 21.2. The number of ether oxygens (including phenoxy) is 3. The van der Waals surface area contributed by atoms with Crippen LogP contribution in [0.3, 0.4) is 0 Å². The number of methoxy groups -OCH3 is 1. The SMILES string of the molecule is CCNC(=NCc1ccc(OCc2ccccc2)c(OC)c1)N(C)CC1CCOC1. The van der Waals surface area contributed by atoms with Gasteiger partial charge in [0.2, 0.25) is 0 Å². The molecule has 1 heterocycles. The fourth-order valence-electron chi connectivity index (χ4n) is 3.50. The predicted octanol–water partition coefficient (Wildman–Crippen LogP) is 3.71. The van der Waals surface area contributed by atoms with Crippen LogP contribution in [0.5, 0.6) is 11.5 Å². The number of nitrogens with zero attached hydrogens (tertiary/aromatic N) is 2. The Kier molecular flexibility index (Phi) is 8.39. The van der Waals surface area contributed by atoms with Gasteiger partial charge in [-0.25, -0.2) is 4.99 Å². The van der Waals surface area contributed by atoms with E-state index in [4.69, 9.17) is 19.2 Å². The van der Waals surface area contributed by atoms with Gasteiger partial charge in [0.15, 0.2) is 17.5 Å². The smallest absolute Gasteiger partial charge is 0.193 e. The highest BCUT2D eigenvalue weighted by Crippen LogP contribution is 2.29. The first kappa shape index (κ1) is 22.0. The Morgan fingerprint density at radius 1 is 1.17 bits per heavy atom. The lowest BCUT2D eigenvalue weighted by Gasteiger charge is -2.24. The molecule has 1 unspecified atom stereocenters. The minimum Gasteiger partial charge on any atom is -0.493 e. The van der Waals surface area contributed by atoms with Crippen molar-refractivity contribution < 1.29 is 14.2 Å². The molecule has 6 nitrogen and oxygen atoms in total. The van der Waals surface area contributed by atoms with Crippen LogP contribution in [0.1, 0.15) is 24.5 Å². The van der Waals surface area contributed by atoms with Gasteiger partial charge in [0, 0.05) is 32.7 Å². The first-order valence-corrected chi connectivity index (χ1v) is 10.6. The van der Waals surface area contributed by atoms with Gasteiger partial charge in [-0.05, 0) is 36.6 Å². The molecule has 1 aliphatic rings. The van der Waals surface area contributed by atoms with Crippen molar-refractivity contribution in [3.05, 3.63) is 59.7 Å². The van der Waals surface area contributed by atoms with Gasteiger partial charge in [0.1, 0.15) is 6.61 Å². The third kappa shape index (κ3) is 6.39. The van der Waals surface area contributed by atoms with E-state index in [0.29, 0.717) is 19.1 Å². The van der Waals surface area contributed by atoms with Crippen LogP contribution < -0.4 is 14.8 Å². The standard InChI is InChI=1S/C24H33N3O3/c1-4-25-24(27(2)16-21-12-13-29-17-21)26-15-20-10-11-22(23(14-20)28-3)30-18-19-8-6-5-7-9-19/h5-11,14,21H,4,12-13,15-18H2,1-3H3,(H,25,26). The van der Waals surface area contributed by atoms with Crippen LogP contribution in [-0.4, -0.2) is 51.3 Å². The van der Waals surface area contributed by atoms with Crippen molar-refractivity contribution in [1.29, 1.82) is 0 Å². The average Bonchev–Trinajstić information content (AvgIpc) is 3.29. The molecule has 0 bridgehead atoms. The van der Waals surface area contributed by atoms with E-state index in [-0.39, 0.29) is 0 Å². The molecule has 0 aliphatic carbocycles. The molecule has 1 fully saturated rings. The maximum absolute atomic E-state index is 5.95. The van der Waals surface area contributed by atoms with Crippen molar-refractivity contribution in [2.75, 3.05) is 40.5 Å². The quantitative estimate of drug-likeness (QED) is 0.504. The lowest BCUT2D eigenvalue weighted by Crippen LogP contribution is -2.41. The van der Waals surface area contributed by atoms with E-state index in [0.717, 1.165) is 61.3 Å². The fourth-order valence-corrected chi connectivity index (χ4v) is 3.50. The van der Waals surface area contributed by atoms with Gasteiger partial charge in [-0.2, -0.15) is 0 Å². The largest absolute Gasteiger partial charge is 0.493 e. The third-order valence-electron chi connectivity index (χ3n) is 5.13. The Hall–Kier alpha value is -2.73. The number of rotatable bonds is 9. The lowest BCUT2D eigenvalue weighted by molar-refractivity contribution is 0.181. The Bertz CT molecular complexity index is 805. The molecule has 0 spiro atoms. The highest BCUT2D eigenvalue weighted by atomic mass is 16.5. The zero-order valence-corrected chi connectivity index (χ0v) is 18.3. The Morgan fingerprint density at radius 3 is 2.70 bits per heavy atom. The van der Waals surface area contributed by atoms with E-state index in [9.17, 15) is 0 Å². The maximum Gasteiger partial charge on any atom is 0.193 e. The second-order valence-electron chi connectivity index (χ2n) is 7.54. The summed E-state index contributed by atoms with van der Waals surface area (Å²) >= 11 is 0. The number of benzene rings is 2. The molecule has 0 aromatic heterocycles. The summed E-state index contributed by atoms with van der Waals surface area (Å²) in [5, 5.41) is 3.38. The molecular weight excluding hydrogens is 378 g/mol. The molecule has 1 atom stereocenters. The third-order valence-corrected chi connectivity index (χ3v) is 5.13. The number of hydrogen-bond donors (Lipinski definition) is 1. The van der Waals surface area contributed by atoms with Crippen LogP contribution in [0.25, 0.3) is 0 Å². The normalized spacial score (nSPS) is 16.4. The van der Waals surface area contributed by atoms with Crippen molar-refractivity contribution in [3.8, 4) is 11.5 Å². The summed E-state index contributed by atoms with van der Waals surface area (Å²) in [6.45, 7) is 6.65. The summed E-state index contributed by atoms with van der Waals surface area (Å²) in [6.07, 6.45) is 1.12. The van der Waals surface area contributed by atoms with E-state index < -0.39 is 0 Å². The minimum atomic E-state index is 0.509. The van der Waals surface area contributed by atoms with Crippen LogP contribution >= 0.6 is 0 Å². The molecule has 3 rings (SSSR count). The van der Waals surface area contributed by atoms with Crippen molar-refractivity contribution in [3.63, 3.8) is 0 Å². The zero-order valence-electron chi connectivity index (χ0n) is 18.3. The molecule has 0 radical (unpaired) electrons. The van der Waals surface area contributed by atoms with Gasteiger partial charge in [0.05, 0.1) is 20.3 Å². The predicted molar refractivity (Wildman–Crippen MR) is 120 cm³/mol. The second-order valence-corrected chi connectivity index (χ2v) is 7.54. The summed E-state index contributed by atoms with van der Waals surface area (Å²) in [4.78, 5) is 7.01. The summed E-state index contributed by atoms with van der Waals surface area (Å²) in [6, 6.07) is 16.1. The second kappa shape index (κ2) is 11.5. The van der Waals surface area contributed by atoms with Gasteiger partial charge in [-0.15, -0.1) is 0 Å². The van der Waals surface area contributed by atoms with Crippen LogP contribution in [-0.2, 0) is 17.9 Å². The Labute approximate surface area is 179 Å². The highest BCUT2D eigenvalue weighted by Gasteiger charge is 2.19. The molecule has 1 N–H and O–H groups in total. The van der Waals surface area contributed by atoms with Gasteiger partial charge < -0.3 is 24.4 Å². The highest BCUT2D eigenvalue weighted by molar-refractivity contribution is 5.79. The van der Waals surface area contributed by atoms with Crippen LogP contribution in [0.15, 0.2) is 53.5 Å². The first-order valence-electron chi connectivity index (χ1n) is 10.6. The van der Waals surface area contributed by atoms with E-state index in [1.165, 1.54) is 0 Å². The van der Waals surface area contributed by atoms with E-state index in [2.05, 4.69) is 24.2 Å². The summed E-state index contributed by atoms with van der Waals surface area (Å²) in [5.74, 6) is 2.94. The Balaban J connectivity index is 1.63. The lowest BCUT2D eigenvalue weighted by atomic mass is 10.1. The molecule has 162 valence electrons. The van der Waals surface area contributed by atoms with Crippen LogP contribution in [0.4, 0.5) is 0 Å². The summed E-state index contributed by atoms with van der Waals surface area (Å²) in [5.41, 5.74) is 2.20. The van der Waals surface area contributed by atoms with Crippen molar-refractivity contribution in [2.24, 2.45) is 10.9 Å². The van der Waals surface area contributed by atoms with Crippen molar-refractivity contribution >= 4 is 5.96 Å². The number of aliphatic imine (C=N–C) groups is 1. The first-order chi connectivity index (χ1) is 14.7. The molecule has 2 aromatic carbocycles. The summed E-state index contributed by atoms with van der Waals surface area (Å²) in [7, 11) is 3.75. The van der Waals surface area contributed by atoms with Gasteiger partial charge in [-0.3, -0.25) is 0 Å². The van der Waals surface area contributed by atoms with Gasteiger partial charge >= 0.3 is 0 Å². The monoisotopic (exact) mass is 411 g/mol. The number of guanidine groups is 1. The van der Waals surface area contributed by atoms with Crippen LogP contribution in [0, 0.1) is 5.92 Å². The fraction of sp³-hybridized carbons (Fsp3) is 0.458. The molecule has 1 saturated heterocycles. The van der Waals surface area contributed by atoms with Crippen LogP contribution in [0.2, 0.25) is 0 Å². The van der Waals surface area contributed by atoms with Gasteiger partial charge in [-0.1, -0.05) is 36.4 Å². The molecule has 1 aliphatic heterocycles. The van der Waals surface area contributed by atoms with Gasteiger partial charge in [0.25, 0.3) is 0 Å². The van der Waals surface area contributed by atoms with Crippen molar-refractivity contribution in [2.45, 2.75) is 26.5 Å². The average molecular weight is 412 g/mol. The number of nitrogens with one attached hydrogen (secondary N) is 1. The topological polar surface area (TPSA) is 55.3 Å². The van der Waals surface area contributed by atoms with E-state index in [1.807, 2.05) is 48.5 Å². The number of hydrogen-bond acceptors (Lipinski definition) is 4. The Morgan fingerprint density at radius 2 is 2.00 bits per heavy atom. The van der Waals surface area contributed by atoms with E-state index in [1.54, 1.807) is 7.11 Å². The molecule has 6 heteroatoms. The minimum absolute atomic E-state index is 0.509.